The summed E-state index contributed by atoms with van der Waals surface area (Å²) in [5.41, 5.74) is 1.53. The number of rotatable bonds is 3. The van der Waals surface area contributed by atoms with E-state index in [1.54, 1.807) is 18.0 Å². The summed E-state index contributed by atoms with van der Waals surface area (Å²) in [6.45, 7) is 2.17. The molecular formula is C13H17N3O2. The third-order valence-corrected chi connectivity index (χ3v) is 3.03. The second kappa shape index (κ2) is 5.18. The van der Waals surface area contributed by atoms with E-state index < -0.39 is 0 Å². The molecule has 1 heterocycles. The van der Waals surface area contributed by atoms with E-state index in [1.807, 2.05) is 18.2 Å². The van der Waals surface area contributed by atoms with Crippen molar-refractivity contribution in [1.82, 2.24) is 5.32 Å². The zero-order valence-electron chi connectivity index (χ0n) is 10.6. The zero-order chi connectivity index (χ0) is 13.1. The highest BCUT2D eigenvalue weighted by molar-refractivity contribution is 6.00. The summed E-state index contributed by atoms with van der Waals surface area (Å²) < 4.78 is 0. The molecule has 1 saturated heterocycles. The summed E-state index contributed by atoms with van der Waals surface area (Å²) in [5.74, 6) is -0.0366. The number of hydrogen-bond acceptors (Lipinski definition) is 3. The minimum Gasteiger partial charge on any atom is -0.326 e. The van der Waals surface area contributed by atoms with Crippen LogP contribution in [0.1, 0.15) is 13.3 Å². The molecule has 1 aromatic carbocycles. The van der Waals surface area contributed by atoms with Gasteiger partial charge in [-0.1, -0.05) is 6.07 Å². The molecule has 0 saturated carbocycles. The van der Waals surface area contributed by atoms with Gasteiger partial charge in [-0.2, -0.15) is 0 Å². The molecule has 5 nitrogen and oxygen atoms in total. The fraction of sp³-hybridized carbons (Fsp3) is 0.385. The maximum Gasteiger partial charge on any atom is 0.244 e. The number of carbonyl (C=O) groups excluding carboxylic acids is 2. The maximum atomic E-state index is 12.0. The predicted octanol–water partition coefficient (Wildman–Crippen LogP) is 0.970. The molecule has 2 rings (SSSR count). The van der Waals surface area contributed by atoms with E-state index in [9.17, 15) is 9.59 Å². The average Bonchev–Trinajstić information content (AvgIpc) is 2.70. The Balaban J connectivity index is 2.19. The Morgan fingerprint density at radius 1 is 1.44 bits per heavy atom. The lowest BCUT2D eigenvalue weighted by Gasteiger charge is -2.17. The molecule has 1 aliphatic rings. The van der Waals surface area contributed by atoms with Crippen LogP contribution in [-0.2, 0) is 9.59 Å². The molecule has 5 heteroatoms. The van der Waals surface area contributed by atoms with E-state index in [1.165, 1.54) is 6.92 Å². The highest BCUT2D eigenvalue weighted by atomic mass is 16.2. The number of benzene rings is 1. The molecule has 1 unspecified atom stereocenters. The lowest BCUT2D eigenvalue weighted by atomic mass is 10.2. The summed E-state index contributed by atoms with van der Waals surface area (Å²) in [5, 5.41) is 5.72. The van der Waals surface area contributed by atoms with Crippen molar-refractivity contribution in [2.45, 2.75) is 19.4 Å². The summed E-state index contributed by atoms with van der Waals surface area (Å²) in [4.78, 5) is 24.8. The summed E-state index contributed by atoms with van der Waals surface area (Å²) >= 11 is 0. The Hall–Kier alpha value is -1.88. The van der Waals surface area contributed by atoms with Gasteiger partial charge in [-0.05, 0) is 31.7 Å². The summed E-state index contributed by atoms with van der Waals surface area (Å²) in [6.07, 6.45) is 0.805. The normalized spacial score (nSPS) is 19.1. The third kappa shape index (κ3) is 2.51. The number of carbonyl (C=O) groups is 2. The zero-order valence-corrected chi connectivity index (χ0v) is 10.6. The first-order chi connectivity index (χ1) is 8.61. The first-order valence-corrected chi connectivity index (χ1v) is 5.98. The predicted molar refractivity (Wildman–Crippen MR) is 70.6 cm³/mol. The van der Waals surface area contributed by atoms with E-state index in [0.29, 0.717) is 12.2 Å². The van der Waals surface area contributed by atoms with Gasteiger partial charge in [0.1, 0.15) is 0 Å². The van der Waals surface area contributed by atoms with Crippen LogP contribution >= 0.6 is 0 Å². The SMILES string of the molecule is CNC1CCN(c2cccc(NC(C)=O)c2)C1=O. The second-order valence-corrected chi connectivity index (χ2v) is 4.35. The van der Waals surface area contributed by atoms with Gasteiger partial charge in [-0.15, -0.1) is 0 Å². The van der Waals surface area contributed by atoms with Crippen LogP contribution in [0.3, 0.4) is 0 Å². The van der Waals surface area contributed by atoms with Crippen molar-refractivity contribution in [1.29, 1.82) is 0 Å². The van der Waals surface area contributed by atoms with Crippen molar-refractivity contribution < 1.29 is 9.59 Å². The first kappa shape index (κ1) is 12.6. The van der Waals surface area contributed by atoms with Crippen molar-refractivity contribution in [2.75, 3.05) is 23.8 Å². The second-order valence-electron chi connectivity index (χ2n) is 4.35. The standard InChI is InChI=1S/C13H17N3O2/c1-9(17)15-10-4-3-5-11(8-10)16-7-6-12(14-2)13(16)18/h3-5,8,12,14H,6-7H2,1-2H3,(H,15,17). The number of amides is 2. The van der Waals surface area contributed by atoms with Crippen molar-refractivity contribution in [3.8, 4) is 0 Å². The highest BCUT2D eigenvalue weighted by Gasteiger charge is 2.31. The van der Waals surface area contributed by atoms with E-state index in [0.717, 1.165) is 12.1 Å². The molecule has 1 atom stereocenters. The Kier molecular flexibility index (Phi) is 3.62. The molecule has 0 radical (unpaired) electrons. The molecule has 2 N–H and O–H groups in total. The smallest absolute Gasteiger partial charge is 0.244 e. The van der Waals surface area contributed by atoms with Crippen molar-refractivity contribution in [3.63, 3.8) is 0 Å². The minimum absolute atomic E-state index is 0.0810. The highest BCUT2D eigenvalue weighted by Crippen LogP contribution is 2.24. The molecule has 96 valence electrons. The molecule has 1 aromatic rings. The van der Waals surface area contributed by atoms with Gasteiger partial charge >= 0.3 is 0 Å². The monoisotopic (exact) mass is 247 g/mol. The molecule has 0 spiro atoms. The Morgan fingerprint density at radius 2 is 2.22 bits per heavy atom. The maximum absolute atomic E-state index is 12.0. The fourth-order valence-electron chi connectivity index (χ4n) is 2.16. The van der Waals surface area contributed by atoms with Crippen LogP contribution in [0, 0.1) is 0 Å². The molecular weight excluding hydrogens is 230 g/mol. The van der Waals surface area contributed by atoms with E-state index in [-0.39, 0.29) is 17.9 Å². The molecule has 2 amide bonds. The van der Waals surface area contributed by atoms with Gasteiger partial charge in [-0.3, -0.25) is 9.59 Å². The topological polar surface area (TPSA) is 61.4 Å². The fourth-order valence-corrected chi connectivity index (χ4v) is 2.16. The van der Waals surface area contributed by atoms with E-state index in [2.05, 4.69) is 10.6 Å². The molecule has 1 aliphatic heterocycles. The summed E-state index contributed by atoms with van der Waals surface area (Å²) in [7, 11) is 1.79. The van der Waals surface area contributed by atoms with E-state index >= 15 is 0 Å². The van der Waals surface area contributed by atoms with Gasteiger partial charge < -0.3 is 15.5 Å². The minimum atomic E-state index is -0.118. The van der Waals surface area contributed by atoms with Gasteiger partial charge in [0, 0.05) is 24.8 Å². The van der Waals surface area contributed by atoms with Gasteiger partial charge in [0.2, 0.25) is 11.8 Å². The van der Waals surface area contributed by atoms with Crippen LogP contribution < -0.4 is 15.5 Å². The summed E-state index contributed by atoms with van der Waals surface area (Å²) in [6, 6.07) is 7.23. The van der Waals surface area contributed by atoms with E-state index in [4.69, 9.17) is 0 Å². The van der Waals surface area contributed by atoms with Crippen molar-refractivity contribution in [2.24, 2.45) is 0 Å². The number of nitrogens with zero attached hydrogens (tertiary/aromatic N) is 1. The van der Waals surface area contributed by atoms with Gasteiger partial charge in [0.15, 0.2) is 0 Å². The largest absolute Gasteiger partial charge is 0.326 e. The van der Waals surface area contributed by atoms with Crippen LogP contribution in [0.2, 0.25) is 0 Å². The molecule has 0 aromatic heterocycles. The van der Waals surface area contributed by atoms with Crippen molar-refractivity contribution in [3.05, 3.63) is 24.3 Å². The van der Waals surface area contributed by atoms with Crippen LogP contribution in [0.15, 0.2) is 24.3 Å². The number of nitrogens with one attached hydrogen (secondary N) is 2. The lowest BCUT2D eigenvalue weighted by Crippen LogP contribution is -2.36. The van der Waals surface area contributed by atoms with Crippen LogP contribution in [0.25, 0.3) is 0 Å². The van der Waals surface area contributed by atoms with Gasteiger partial charge in [-0.25, -0.2) is 0 Å². The van der Waals surface area contributed by atoms with Crippen LogP contribution in [-0.4, -0.2) is 31.4 Å². The number of anilines is 2. The van der Waals surface area contributed by atoms with Crippen LogP contribution in [0.5, 0.6) is 0 Å². The third-order valence-electron chi connectivity index (χ3n) is 3.03. The van der Waals surface area contributed by atoms with Crippen LogP contribution in [0.4, 0.5) is 11.4 Å². The molecule has 0 bridgehead atoms. The van der Waals surface area contributed by atoms with Gasteiger partial charge in [0.25, 0.3) is 0 Å². The Bertz CT molecular complexity index is 473. The Labute approximate surface area is 106 Å². The molecule has 0 aliphatic carbocycles. The van der Waals surface area contributed by atoms with Crippen molar-refractivity contribution >= 4 is 23.2 Å². The number of hydrogen-bond donors (Lipinski definition) is 2. The average molecular weight is 247 g/mol. The molecule has 1 fully saturated rings. The quantitative estimate of drug-likeness (QED) is 0.836. The number of likely N-dealkylation sites (N-methyl/N-ethyl adjacent to an activating group) is 1. The lowest BCUT2D eigenvalue weighted by molar-refractivity contribution is -0.118. The Morgan fingerprint density at radius 3 is 2.83 bits per heavy atom. The molecule has 18 heavy (non-hydrogen) atoms. The van der Waals surface area contributed by atoms with Gasteiger partial charge in [0.05, 0.1) is 6.04 Å². The first-order valence-electron chi connectivity index (χ1n) is 5.98.